The Labute approximate surface area is 134 Å². The Morgan fingerprint density at radius 3 is 2.05 bits per heavy atom. The third-order valence-corrected chi connectivity index (χ3v) is 4.03. The Balaban J connectivity index is 3.59. The number of ether oxygens (including phenoxy) is 2. The number of hydrogen-bond donors (Lipinski definition) is 0. The molecule has 0 saturated carbocycles. The summed E-state index contributed by atoms with van der Waals surface area (Å²) in [6.07, 6.45) is 6.49. The van der Waals surface area contributed by atoms with Gasteiger partial charge in [0, 0.05) is 17.6 Å². The van der Waals surface area contributed by atoms with Crippen molar-refractivity contribution in [3.05, 3.63) is 0 Å². The van der Waals surface area contributed by atoms with Crippen molar-refractivity contribution in [3.63, 3.8) is 0 Å². The van der Waals surface area contributed by atoms with Crippen molar-refractivity contribution >= 4 is 22.6 Å². The van der Waals surface area contributed by atoms with Gasteiger partial charge in [0.25, 0.3) is 0 Å². The van der Waals surface area contributed by atoms with Gasteiger partial charge >= 0.3 is 0 Å². The molecule has 3 heteroatoms. The van der Waals surface area contributed by atoms with Gasteiger partial charge < -0.3 is 9.47 Å². The molecule has 0 fully saturated rings. The summed E-state index contributed by atoms with van der Waals surface area (Å²) >= 11 is 2.53. The summed E-state index contributed by atoms with van der Waals surface area (Å²) in [5.41, 5.74) is 0. The highest BCUT2D eigenvalue weighted by Gasteiger charge is 2.13. The topological polar surface area (TPSA) is 18.5 Å². The first-order valence-corrected chi connectivity index (χ1v) is 8.91. The van der Waals surface area contributed by atoms with Gasteiger partial charge in [-0.05, 0) is 49.9 Å². The second kappa shape index (κ2) is 12.4. The predicted octanol–water partition coefficient (Wildman–Crippen LogP) is 5.29. The zero-order valence-electron chi connectivity index (χ0n) is 13.5. The minimum atomic E-state index is 0.427. The van der Waals surface area contributed by atoms with Crippen LogP contribution in [0.4, 0.5) is 0 Å². The quantitative estimate of drug-likeness (QED) is 0.197. The lowest BCUT2D eigenvalue weighted by atomic mass is 9.86. The van der Waals surface area contributed by atoms with Gasteiger partial charge in [0.1, 0.15) is 6.79 Å². The van der Waals surface area contributed by atoms with Gasteiger partial charge in [0.15, 0.2) is 0 Å². The number of methoxy groups -OCH3 is 1. The van der Waals surface area contributed by atoms with Crippen LogP contribution in [0, 0.1) is 17.8 Å². The summed E-state index contributed by atoms with van der Waals surface area (Å²) in [7, 11) is 1.67. The van der Waals surface area contributed by atoms with Crippen molar-refractivity contribution in [1.82, 2.24) is 0 Å². The fraction of sp³-hybridized carbons (Fsp3) is 1.00. The third kappa shape index (κ3) is 13.4. The van der Waals surface area contributed by atoms with Crippen LogP contribution < -0.4 is 0 Å². The van der Waals surface area contributed by atoms with E-state index in [1.165, 1.54) is 25.7 Å². The van der Waals surface area contributed by atoms with E-state index in [0.29, 0.717) is 6.79 Å². The Hall–Kier alpha value is 0.650. The Morgan fingerprint density at radius 1 is 0.895 bits per heavy atom. The van der Waals surface area contributed by atoms with Crippen LogP contribution in [0.25, 0.3) is 0 Å². The van der Waals surface area contributed by atoms with Crippen molar-refractivity contribution in [1.29, 1.82) is 0 Å². The molecular weight excluding hydrogens is 351 g/mol. The second-order valence-electron chi connectivity index (χ2n) is 6.26. The van der Waals surface area contributed by atoms with Crippen LogP contribution in [0.15, 0.2) is 0 Å². The number of rotatable bonds is 12. The Kier molecular flexibility index (Phi) is 12.8. The van der Waals surface area contributed by atoms with Crippen molar-refractivity contribution < 1.29 is 9.47 Å². The first-order valence-electron chi connectivity index (χ1n) is 7.66. The molecule has 0 aliphatic rings. The lowest BCUT2D eigenvalue weighted by Gasteiger charge is -2.21. The molecule has 0 radical (unpaired) electrons. The van der Waals surface area contributed by atoms with E-state index in [1.54, 1.807) is 7.11 Å². The molecule has 0 rings (SSSR count). The molecule has 0 heterocycles. The van der Waals surface area contributed by atoms with E-state index in [0.717, 1.165) is 34.7 Å². The molecule has 4 atom stereocenters. The molecule has 0 aliphatic carbocycles. The van der Waals surface area contributed by atoms with Crippen LogP contribution in [0.2, 0.25) is 0 Å². The first-order chi connectivity index (χ1) is 8.95. The average molecular weight is 384 g/mol. The van der Waals surface area contributed by atoms with Gasteiger partial charge in [-0.2, -0.15) is 0 Å². The van der Waals surface area contributed by atoms with Crippen molar-refractivity contribution in [2.24, 2.45) is 17.8 Å². The Morgan fingerprint density at radius 2 is 1.47 bits per heavy atom. The zero-order valence-corrected chi connectivity index (χ0v) is 15.6. The van der Waals surface area contributed by atoms with Gasteiger partial charge in [0.2, 0.25) is 0 Å². The fourth-order valence-corrected chi connectivity index (χ4v) is 3.78. The molecule has 0 bridgehead atoms. The summed E-state index contributed by atoms with van der Waals surface area (Å²) in [6.45, 7) is 10.7. The summed E-state index contributed by atoms with van der Waals surface area (Å²) in [5.74, 6) is 2.52. The maximum Gasteiger partial charge on any atom is 0.146 e. The van der Waals surface area contributed by atoms with E-state index in [-0.39, 0.29) is 0 Å². The molecular formula is C16H33IO2. The van der Waals surface area contributed by atoms with Gasteiger partial charge in [-0.3, -0.25) is 0 Å². The van der Waals surface area contributed by atoms with Gasteiger partial charge in [-0.1, -0.05) is 50.3 Å². The third-order valence-electron chi connectivity index (χ3n) is 3.52. The SMILES string of the molecule is COCOCCCC(C)CC(C)CC(C)CC(C)I. The standard InChI is InChI=1S/C16H33IO2/c1-13(7-6-8-19-12-18-5)9-14(2)10-15(3)11-16(4)17/h13-16H,6-12H2,1-5H3. The van der Waals surface area contributed by atoms with Gasteiger partial charge in [-0.25, -0.2) is 0 Å². The van der Waals surface area contributed by atoms with Crippen LogP contribution in [0.3, 0.4) is 0 Å². The summed E-state index contributed by atoms with van der Waals surface area (Å²) in [5, 5.41) is 0. The fourth-order valence-electron chi connectivity index (χ4n) is 2.91. The van der Waals surface area contributed by atoms with Gasteiger partial charge in [0.05, 0.1) is 0 Å². The molecule has 0 saturated heterocycles. The normalized spacial score (nSPS) is 18.0. The monoisotopic (exact) mass is 384 g/mol. The highest BCUT2D eigenvalue weighted by atomic mass is 127. The van der Waals surface area contributed by atoms with Crippen LogP contribution in [-0.2, 0) is 9.47 Å². The number of halogens is 1. The first kappa shape index (κ1) is 19.7. The molecule has 116 valence electrons. The molecule has 19 heavy (non-hydrogen) atoms. The van der Waals surface area contributed by atoms with Crippen molar-refractivity contribution in [2.45, 2.75) is 63.7 Å². The minimum absolute atomic E-state index is 0.427. The lowest BCUT2D eigenvalue weighted by molar-refractivity contribution is -0.0323. The maximum absolute atomic E-state index is 5.32. The maximum atomic E-state index is 5.32. The molecule has 2 nitrogen and oxygen atoms in total. The predicted molar refractivity (Wildman–Crippen MR) is 91.9 cm³/mol. The molecule has 4 unspecified atom stereocenters. The van der Waals surface area contributed by atoms with Crippen molar-refractivity contribution in [3.8, 4) is 0 Å². The molecule has 0 aliphatic heterocycles. The zero-order chi connectivity index (χ0) is 14.7. The lowest BCUT2D eigenvalue weighted by Crippen LogP contribution is -2.10. The number of hydrogen-bond acceptors (Lipinski definition) is 2. The summed E-state index contributed by atoms with van der Waals surface area (Å²) < 4.78 is 11.0. The summed E-state index contributed by atoms with van der Waals surface area (Å²) in [6, 6.07) is 0. The minimum Gasteiger partial charge on any atom is -0.359 e. The highest BCUT2D eigenvalue weighted by Crippen LogP contribution is 2.25. The smallest absolute Gasteiger partial charge is 0.146 e. The van der Waals surface area contributed by atoms with E-state index < -0.39 is 0 Å². The molecule has 0 aromatic heterocycles. The van der Waals surface area contributed by atoms with Crippen LogP contribution in [0.5, 0.6) is 0 Å². The van der Waals surface area contributed by atoms with Crippen LogP contribution >= 0.6 is 22.6 Å². The molecule has 0 aromatic carbocycles. The van der Waals surface area contributed by atoms with Crippen LogP contribution in [-0.4, -0.2) is 24.4 Å². The molecule has 0 aromatic rings. The molecule has 0 amide bonds. The average Bonchev–Trinajstić information content (AvgIpc) is 2.26. The molecule has 0 spiro atoms. The van der Waals surface area contributed by atoms with E-state index >= 15 is 0 Å². The van der Waals surface area contributed by atoms with Crippen molar-refractivity contribution in [2.75, 3.05) is 20.5 Å². The second-order valence-corrected chi connectivity index (χ2v) is 8.39. The van der Waals surface area contributed by atoms with Gasteiger partial charge in [-0.15, -0.1) is 0 Å². The van der Waals surface area contributed by atoms with E-state index in [1.807, 2.05) is 0 Å². The molecule has 0 N–H and O–H groups in total. The Bertz CT molecular complexity index is 197. The summed E-state index contributed by atoms with van der Waals surface area (Å²) in [4.78, 5) is 0. The largest absolute Gasteiger partial charge is 0.359 e. The number of alkyl halides is 1. The highest BCUT2D eigenvalue weighted by molar-refractivity contribution is 14.1. The van der Waals surface area contributed by atoms with E-state index in [4.69, 9.17) is 9.47 Å². The van der Waals surface area contributed by atoms with E-state index in [2.05, 4.69) is 50.3 Å². The van der Waals surface area contributed by atoms with E-state index in [9.17, 15) is 0 Å². The van der Waals surface area contributed by atoms with Crippen LogP contribution in [0.1, 0.15) is 59.8 Å².